The zero-order chi connectivity index (χ0) is 14.7. The van der Waals surface area contributed by atoms with Gasteiger partial charge in [0.15, 0.2) is 0 Å². The zero-order valence-electron chi connectivity index (χ0n) is 11.1. The molecule has 0 saturated carbocycles. The maximum Gasteiger partial charge on any atom is 0.144 e. The maximum absolute atomic E-state index is 5.35. The molecule has 0 bridgehead atoms. The number of nitrogens with zero attached hydrogens (tertiary/aromatic N) is 2. The Hall–Kier alpha value is -1.85. The van der Waals surface area contributed by atoms with Gasteiger partial charge in [-0.25, -0.2) is 4.98 Å². The Morgan fingerprint density at radius 1 is 1.05 bits per heavy atom. The summed E-state index contributed by atoms with van der Waals surface area (Å²) >= 11 is 8.87. The first-order valence-corrected chi connectivity index (χ1v) is 7.68. The molecule has 5 heteroatoms. The van der Waals surface area contributed by atoms with E-state index in [9.17, 15) is 0 Å². The largest absolute Gasteiger partial charge is 0.342 e. The Kier molecular flexibility index (Phi) is 4.22. The minimum atomic E-state index is 0.554. The number of rotatable bonds is 3. The average Bonchev–Trinajstić information content (AvgIpc) is 2.52. The SMILES string of the molecule is S=c1nc(Cc2ccccn2)[nH]c(-c2ccccc2)c1Br. The molecular weight excluding hydrogens is 346 g/mol. The molecule has 3 rings (SSSR count). The van der Waals surface area contributed by atoms with Crippen LogP contribution in [0.1, 0.15) is 11.5 Å². The molecule has 0 amide bonds. The first-order valence-electron chi connectivity index (χ1n) is 6.48. The van der Waals surface area contributed by atoms with E-state index in [2.05, 4.69) is 30.9 Å². The number of aromatic amines is 1. The van der Waals surface area contributed by atoms with Gasteiger partial charge >= 0.3 is 0 Å². The van der Waals surface area contributed by atoms with Crippen LogP contribution >= 0.6 is 28.1 Å². The second kappa shape index (κ2) is 6.28. The topological polar surface area (TPSA) is 41.6 Å². The van der Waals surface area contributed by atoms with Gasteiger partial charge in [-0.15, -0.1) is 0 Å². The summed E-state index contributed by atoms with van der Waals surface area (Å²) in [6, 6.07) is 15.9. The highest BCUT2D eigenvalue weighted by Crippen LogP contribution is 2.26. The molecule has 2 heterocycles. The second-order valence-corrected chi connectivity index (χ2v) is 5.72. The lowest BCUT2D eigenvalue weighted by atomic mass is 10.1. The summed E-state index contributed by atoms with van der Waals surface area (Å²) in [5.74, 6) is 0.806. The van der Waals surface area contributed by atoms with E-state index in [4.69, 9.17) is 12.2 Å². The Bertz CT molecular complexity index is 801. The molecule has 0 spiro atoms. The molecular formula is C16H12BrN3S. The van der Waals surface area contributed by atoms with Crippen molar-refractivity contribution in [3.63, 3.8) is 0 Å². The van der Waals surface area contributed by atoms with Gasteiger partial charge in [0.2, 0.25) is 0 Å². The molecule has 0 aliphatic rings. The summed E-state index contributed by atoms with van der Waals surface area (Å²) < 4.78 is 1.37. The molecule has 1 aromatic carbocycles. The third kappa shape index (κ3) is 3.25. The Morgan fingerprint density at radius 3 is 2.52 bits per heavy atom. The predicted octanol–water partition coefficient (Wildman–Crippen LogP) is 4.55. The Labute approximate surface area is 136 Å². The highest BCUT2D eigenvalue weighted by molar-refractivity contribution is 9.10. The number of aromatic nitrogens is 3. The third-order valence-electron chi connectivity index (χ3n) is 3.05. The Morgan fingerprint density at radius 2 is 1.81 bits per heavy atom. The van der Waals surface area contributed by atoms with Crippen molar-refractivity contribution >= 4 is 28.1 Å². The number of H-pyrrole nitrogens is 1. The van der Waals surface area contributed by atoms with Crippen LogP contribution in [0.3, 0.4) is 0 Å². The summed E-state index contributed by atoms with van der Waals surface area (Å²) in [7, 11) is 0. The van der Waals surface area contributed by atoms with Crippen molar-refractivity contribution in [3.8, 4) is 11.3 Å². The average molecular weight is 358 g/mol. The molecule has 0 fully saturated rings. The van der Waals surface area contributed by atoms with Crippen LogP contribution < -0.4 is 0 Å². The fraction of sp³-hybridized carbons (Fsp3) is 0.0625. The summed E-state index contributed by atoms with van der Waals surface area (Å²) in [6.07, 6.45) is 2.40. The van der Waals surface area contributed by atoms with E-state index in [1.54, 1.807) is 6.20 Å². The van der Waals surface area contributed by atoms with Gasteiger partial charge in [-0.3, -0.25) is 4.98 Å². The van der Waals surface area contributed by atoms with Crippen molar-refractivity contribution in [1.29, 1.82) is 0 Å². The van der Waals surface area contributed by atoms with E-state index in [1.165, 1.54) is 0 Å². The number of nitrogens with one attached hydrogen (secondary N) is 1. The molecule has 21 heavy (non-hydrogen) atoms. The molecule has 0 unspecified atom stereocenters. The normalized spacial score (nSPS) is 10.5. The Balaban J connectivity index is 2.04. The minimum absolute atomic E-state index is 0.554. The van der Waals surface area contributed by atoms with Crippen LogP contribution in [0.15, 0.2) is 59.2 Å². The summed E-state index contributed by atoms with van der Waals surface area (Å²) in [5.41, 5.74) is 2.97. The summed E-state index contributed by atoms with van der Waals surface area (Å²) in [5, 5.41) is 0. The van der Waals surface area contributed by atoms with Crippen molar-refractivity contribution in [1.82, 2.24) is 15.0 Å². The molecule has 0 atom stereocenters. The van der Waals surface area contributed by atoms with E-state index in [1.807, 2.05) is 48.5 Å². The summed E-state index contributed by atoms with van der Waals surface area (Å²) in [4.78, 5) is 12.1. The number of pyridine rings is 1. The molecule has 0 aliphatic carbocycles. The number of halogens is 1. The van der Waals surface area contributed by atoms with Crippen LogP contribution in [0.25, 0.3) is 11.3 Å². The molecule has 0 radical (unpaired) electrons. The first-order chi connectivity index (χ1) is 10.2. The lowest BCUT2D eigenvalue weighted by Gasteiger charge is -2.08. The van der Waals surface area contributed by atoms with Crippen molar-refractivity contribution in [2.45, 2.75) is 6.42 Å². The third-order valence-corrected chi connectivity index (χ3v) is 4.38. The highest BCUT2D eigenvalue weighted by atomic mass is 79.9. The number of hydrogen-bond donors (Lipinski definition) is 1. The van der Waals surface area contributed by atoms with Gasteiger partial charge in [-0.2, -0.15) is 0 Å². The lowest BCUT2D eigenvalue weighted by Crippen LogP contribution is -2.01. The fourth-order valence-corrected chi connectivity index (χ4v) is 2.70. The van der Waals surface area contributed by atoms with Gasteiger partial charge in [0.1, 0.15) is 10.5 Å². The highest BCUT2D eigenvalue weighted by Gasteiger charge is 2.09. The second-order valence-electron chi connectivity index (χ2n) is 4.54. The molecule has 0 saturated heterocycles. The van der Waals surface area contributed by atoms with E-state index < -0.39 is 0 Å². The van der Waals surface area contributed by atoms with Crippen LogP contribution in [-0.4, -0.2) is 15.0 Å². The smallest absolute Gasteiger partial charge is 0.144 e. The predicted molar refractivity (Wildman–Crippen MR) is 89.6 cm³/mol. The standard InChI is InChI=1S/C16H12BrN3S/c17-14-15(11-6-2-1-3-7-11)19-13(20-16(14)21)10-12-8-4-5-9-18-12/h1-9H,10H2,(H,19,20,21). The molecule has 3 aromatic rings. The number of benzene rings is 1. The lowest BCUT2D eigenvalue weighted by molar-refractivity contribution is 0.928. The quantitative estimate of drug-likeness (QED) is 0.698. The molecule has 1 N–H and O–H groups in total. The van der Waals surface area contributed by atoms with E-state index in [0.717, 1.165) is 27.2 Å². The van der Waals surface area contributed by atoms with Gasteiger partial charge in [-0.1, -0.05) is 48.6 Å². The van der Waals surface area contributed by atoms with Crippen LogP contribution in [0.5, 0.6) is 0 Å². The zero-order valence-corrected chi connectivity index (χ0v) is 13.5. The fourth-order valence-electron chi connectivity index (χ4n) is 2.07. The van der Waals surface area contributed by atoms with Gasteiger partial charge in [0.05, 0.1) is 10.2 Å². The monoisotopic (exact) mass is 357 g/mol. The van der Waals surface area contributed by atoms with Crippen LogP contribution in [-0.2, 0) is 6.42 Å². The van der Waals surface area contributed by atoms with Crippen molar-refractivity contribution in [2.75, 3.05) is 0 Å². The van der Waals surface area contributed by atoms with E-state index in [-0.39, 0.29) is 0 Å². The van der Waals surface area contributed by atoms with E-state index in [0.29, 0.717) is 11.1 Å². The maximum atomic E-state index is 5.35. The minimum Gasteiger partial charge on any atom is -0.342 e. The van der Waals surface area contributed by atoms with Gasteiger partial charge in [-0.05, 0) is 33.6 Å². The molecule has 3 nitrogen and oxygen atoms in total. The molecule has 0 aliphatic heterocycles. The van der Waals surface area contributed by atoms with Crippen LogP contribution in [0.2, 0.25) is 0 Å². The van der Waals surface area contributed by atoms with Gasteiger partial charge in [0, 0.05) is 18.3 Å². The van der Waals surface area contributed by atoms with Crippen molar-refractivity contribution in [3.05, 3.63) is 75.4 Å². The van der Waals surface area contributed by atoms with Crippen LogP contribution in [0.4, 0.5) is 0 Å². The van der Waals surface area contributed by atoms with Crippen molar-refractivity contribution in [2.24, 2.45) is 0 Å². The van der Waals surface area contributed by atoms with E-state index >= 15 is 0 Å². The summed E-state index contributed by atoms with van der Waals surface area (Å²) in [6.45, 7) is 0. The van der Waals surface area contributed by atoms with Gasteiger partial charge in [0.25, 0.3) is 0 Å². The van der Waals surface area contributed by atoms with Gasteiger partial charge < -0.3 is 4.98 Å². The first kappa shape index (κ1) is 14.1. The van der Waals surface area contributed by atoms with Crippen LogP contribution in [0, 0.1) is 4.64 Å². The van der Waals surface area contributed by atoms with Crippen molar-refractivity contribution < 1.29 is 0 Å². The molecule has 2 aromatic heterocycles. The molecule has 104 valence electrons. The number of hydrogen-bond acceptors (Lipinski definition) is 3.